The molecule has 0 radical (unpaired) electrons. The lowest BCUT2D eigenvalue weighted by Gasteiger charge is -2.17. The molecule has 140 valence electrons. The van der Waals surface area contributed by atoms with Gasteiger partial charge in [0.1, 0.15) is 18.3 Å². The van der Waals surface area contributed by atoms with E-state index in [4.69, 9.17) is 0 Å². The predicted octanol–water partition coefficient (Wildman–Crippen LogP) is 2.55. The Morgan fingerprint density at radius 1 is 1.07 bits per heavy atom. The van der Waals surface area contributed by atoms with Gasteiger partial charge in [0.2, 0.25) is 5.91 Å². The fourth-order valence-electron chi connectivity index (χ4n) is 3.09. The van der Waals surface area contributed by atoms with Crippen LogP contribution in [0.25, 0.3) is 16.7 Å². The number of aromatic nitrogens is 4. The van der Waals surface area contributed by atoms with Crippen molar-refractivity contribution in [2.75, 3.05) is 11.9 Å². The van der Waals surface area contributed by atoms with Gasteiger partial charge in [-0.1, -0.05) is 36.4 Å². The minimum absolute atomic E-state index is 0.0945. The molecular formula is C21H19N5O2. The number of fused-ring (bicyclic) bond motifs is 1. The normalized spacial score (nSPS) is 10.9. The molecule has 7 nitrogen and oxygen atoms in total. The number of hydrogen-bond donors (Lipinski definition) is 0. The zero-order chi connectivity index (χ0) is 19.7. The molecule has 0 fully saturated rings. The van der Waals surface area contributed by atoms with Crippen molar-refractivity contribution in [2.45, 2.75) is 13.5 Å². The molecule has 0 saturated heterocycles. The van der Waals surface area contributed by atoms with E-state index in [0.29, 0.717) is 11.0 Å². The number of benzene rings is 2. The van der Waals surface area contributed by atoms with Crippen LogP contribution in [0.1, 0.15) is 5.56 Å². The monoisotopic (exact) mass is 373 g/mol. The number of carbonyl (C=O) groups excluding carboxylic acids is 1. The number of amides is 1. The molecule has 0 unspecified atom stereocenters. The predicted molar refractivity (Wildman–Crippen MR) is 108 cm³/mol. The maximum absolute atomic E-state index is 12.9. The summed E-state index contributed by atoms with van der Waals surface area (Å²) in [4.78, 5) is 31.4. The lowest BCUT2D eigenvalue weighted by molar-refractivity contribution is -0.118. The molecule has 0 aliphatic carbocycles. The van der Waals surface area contributed by atoms with Crippen LogP contribution in [0.15, 0.2) is 71.9 Å². The van der Waals surface area contributed by atoms with E-state index in [1.807, 2.05) is 61.5 Å². The third-order valence-corrected chi connectivity index (χ3v) is 4.72. The number of likely N-dealkylation sites (N-methyl/N-ethyl adjacent to an activating group) is 1. The van der Waals surface area contributed by atoms with Crippen molar-refractivity contribution in [1.29, 1.82) is 0 Å². The molecule has 1 amide bonds. The lowest BCUT2D eigenvalue weighted by Crippen LogP contribution is -2.34. The van der Waals surface area contributed by atoms with Crippen molar-refractivity contribution < 1.29 is 4.79 Å². The highest BCUT2D eigenvalue weighted by Crippen LogP contribution is 2.17. The summed E-state index contributed by atoms with van der Waals surface area (Å²) in [7, 11) is 1.69. The summed E-state index contributed by atoms with van der Waals surface area (Å²) in [6.07, 6.45) is 2.90. The van der Waals surface area contributed by atoms with E-state index in [1.54, 1.807) is 11.7 Å². The van der Waals surface area contributed by atoms with E-state index in [2.05, 4.69) is 10.1 Å². The maximum Gasteiger partial charge on any atom is 0.264 e. The molecule has 2 heterocycles. The fraction of sp³-hybridized carbons (Fsp3) is 0.143. The van der Waals surface area contributed by atoms with E-state index in [-0.39, 0.29) is 18.0 Å². The number of rotatable bonds is 4. The molecular weight excluding hydrogens is 354 g/mol. The third kappa shape index (κ3) is 3.07. The first-order valence-electron chi connectivity index (χ1n) is 8.87. The van der Waals surface area contributed by atoms with Crippen molar-refractivity contribution in [3.63, 3.8) is 0 Å². The SMILES string of the molecule is Cc1ccccc1-n1ncc2c(=O)n(CC(=O)N(C)c3ccccc3)cnc21. The summed E-state index contributed by atoms with van der Waals surface area (Å²) in [6, 6.07) is 17.0. The molecule has 4 rings (SSSR count). The zero-order valence-electron chi connectivity index (χ0n) is 15.6. The van der Waals surface area contributed by atoms with Crippen molar-refractivity contribution >= 4 is 22.6 Å². The Kier molecular flexibility index (Phi) is 4.49. The largest absolute Gasteiger partial charge is 0.314 e. The molecule has 0 N–H and O–H groups in total. The Bertz CT molecular complexity index is 1210. The topological polar surface area (TPSA) is 73.0 Å². The standard InChI is InChI=1S/C21H19N5O2/c1-15-8-6-7-11-18(15)26-20-17(12-23-26)21(28)25(14-22-20)13-19(27)24(2)16-9-4-3-5-10-16/h3-12,14H,13H2,1-2H3. The number of hydrogen-bond acceptors (Lipinski definition) is 4. The first-order valence-corrected chi connectivity index (χ1v) is 8.87. The van der Waals surface area contributed by atoms with Crippen LogP contribution in [0, 0.1) is 6.92 Å². The van der Waals surface area contributed by atoms with Crippen LogP contribution < -0.4 is 10.5 Å². The summed E-state index contributed by atoms with van der Waals surface area (Å²) in [5.74, 6) is -0.208. The molecule has 2 aromatic heterocycles. The number of anilines is 1. The van der Waals surface area contributed by atoms with Gasteiger partial charge in [-0.3, -0.25) is 14.2 Å². The fourth-order valence-corrected chi connectivity index (χ4v) is 3.09. The second-order valence-electron chi connectivity index (χ2n) is 6.55. The third-order valence-electron chi connectivity index (χ3n) is 4.72. The molecule has 0 aliphatic heterocycles. The molecule has 0 spiro atoms. The first kappa shape index (κ1) is 17.7. The van der Waals surface area contributed by atoms with E-state index in [1.165, 1.54) is 22.0 Å². The maximum atomic E-state index is 12.9. The van der Waals surface area contributed by atoms with Crippen molar-refractivity contribution in [2.24, 2.45) is 0 Å². The quantitative estimate of drug-likeness (QED) is 0.551. The van der Waals surface area contributed by atoms with Gasteiger partial charge in [-0.15, -0.1) is 0 Å². The first-order chi connectivity index (χ1) is 13.6. The smallest absolute Gasteiger partial charge is 0.264 e. The Hall–Kier alpha value is -3.74. The molecule has 0 atom stereocenters. The van der Waals surface area contributed by atoms with E-state index < -0.39 is 0 Å². The number of nitrogens with zero attached hydrogens (tertiary/aromatic N) is 5. The van der Waals surface area contributed by atoms with Crippen molar-refractivity contribution in [3.8, 4) is 5.69 Å². The minimum Gasteiger partial charge on any atom is -0.314 e. The molecule has 2 aromatic carbocycles. The summed E-state index contributed by atoms with van der Waals surface area (Å²) < 4.78 is 2.96. The van der Waals surface area contributed by atoms with Gasteiger partial charge >= 0.3 is 0 Å². The van der Waals surface area contributed by atoms with E-state index in [9.17, 15) is 9.59 Å². The van der Waals surface area contributed by atoms with Gasteiger partial charge in [0.25, 0.3) is 5.56 Å². The second kappa shape index (κ2) is 7.11. The van der Waals surface area contributed by atoms with Gasteiger partial charge in [-0.25, -0.2) is 9.67 Å². The van der Waals surface area contributed by atoms with Gasteiger partial charge in [0.15, 0.2) is 5.65 Å². The average molecular weight is 373 g/mol. The van der Waals surface area contributed by atoms with Crippen LogP contribution >= 0.6 is 0 Å². The Labute approximate surface area is 161 Å². The van der Waals surface area contributed by atoms with E-state index in [0.717, 1.165) is 16.9 Å². The molecule has 0 bridgehead atoms. The van der Waals surface area contributed by atoms with Gasteiger partial charge in [0.05, 0.1) is 11.9 Å². The van der Waals surface area contributed by atoms with Crippen LogP contribution in [0.2, 0.25) is 0 Å². The van der Waals surface area contributed by atoms with Crippen molar-refractivity contribution in [3.05, 3.63) is 83.0 Å². The highest BCUT2D eigenvalue weighted by Gasteiger charge is 2.16. The van der Waals surface area contributed by atoms with Gasteiger partial charge < -0.3 is 4.90 Å². The number of aryl methyl sites for hydroxylation is 1. The summed E-state index contributed by atoms with van der Waals surface area (Å²) in [5.41, 5.74) is 2.83. The Morgan fingerprint density at radius 3 is 2.54 bits per heavy atom. The number of carbonyl (C=O) groups is 1. The summed E-state index contributed by atoms with van der Waals surface area (Å²) in [6.45, 7) is 1.88. The summed E-state index contributed by atoms with van der Waals surface area (Å²) >= 11 is 0. The highest BCUT2D eigenvalue weighted by atomic mass is 16.2. The number of para-hydroxylation sites is 2. The molecule has 4 aromatic rings. The molecule has 0 saturated carbocycles. The van der Waals surface area contributed by atoms with Crippen molar-refractivity contribution in [1.82, 2.24) is 19.3 Å². The van der Waals surface area contributed by atoms with Gasteiger partial charge in [0, 0.05) is 12.7 Å². The van der Waals surface area contributed by atoms with Crippen LogP contribution in [-0.4, -0.2) is 32.3 Å². The van der Waals surface area contributed by atoms with Crippen LogP contribution in [-0.2, 0) is 11.3 Å². The van der Waals surface area contributed by atoms with Crippen LogP contribution in [0.3, 0.4) is 0 Å². The van der Waals surface area contributed by atoms with Gasteiger partial charge in [-0.2, -0.15) is 5.10 Å². The molecule has 0 aliphatic rings. The Balaban J connectivity index is 1.67. The van der Waals surface area contributed by atoms with E-state index >= 15 is 0 Å². The Morgan fingerprint density at radius 2 is 1.79 bits per heavy atom. The highest BCUT2D eigenvalue weighted by molar-refractivity contribution is 5.92. The minimum atomic E-state index is -0.292. The average Bonchev–Trinajstić information content (AvgIpc) is 3.15. The van der Waals surface area contributed by atoms with Crippen LogP contribution in [0.5, 0.6) is 0 Å². The lowest BCUT2D eigenvalue weighted by atomic mass is 10.2. The second-order valence-corrected chi connectivity index (χ2v) is 6.55. The van der Waals surface area contributed by atoms with Crippen LogP contribution in [0.4, 0.5) is 5.69 Å². The molecule has 28 heavy (non-hydrogen) atoms. The summed E-state index contributed by atoms with van der Waals surface area (Å²) in [5, 5.41) is 4.71. The molecule has 7 heteroatoms. The van der Waals surface area contributed by atoms with Gasteiger partial charge in [-0.05, 0) is 30.7 Å². The zero-order valence-corrected chi connectivity index (χ0v) is 15.6.